The van der Waals surface area contributed by atoms with E-state index in [0.29, 0.717) is 32.5 Å². The molecule has 7 nitrogen and oxygen atoms in total. The molecule has 29 heavy (non-hydrogen) atoms. The molecule has 158 valence electrons. The van der Waals surface area contributed by atoms with E-state index in [1.54, 1.807) is 6.20 Å². The molecule has 0 bridgehead atoms. The van der Waals surface area contributed by atoms with E-state index in [4.69, 9.17) is 10.5 Å². The van der Waals surface area contributed by atoms with Crippen molar-refractivity contribution in [1.82, 2.24) is 14.1 Å². The summed E-state index contributed by atoms with van der Waals surface area (Å²) >= 11 is 0. The van der Waals surface area contributed by atoms with Crippen molar-refractivity contribution in [2.45, 2.75) is 51.0 Å². The van der Waals surface area contributed by atoms with Gasteiger partial charge < -0.3 is 10.5 Å². The fourth-order valence-electron chi connectivity index (χ4n) is 4.06. The number of halogens is 2. The number of fused-ring (bicyclic) bond motifs is 1. The summed E-state index contributed by atoms with van der Waals surface area (Å²) < 4.78 is 58.8. The highest BCUT2D eigenvalue weighted by Gasteiger charge is 2.37. The minimum absolute atomic E-state index is 0.00670. The maximum absolute atomic E-state index is 14.1. The number of hydrogen-bond acceptors (Lipinski definition) is 6. The molecule has 1 aromatic heterocycles. The van der Waals surface area contributed by atoms with Crippen LogP contribution in [-0.2, 0) is 27.8 Å². The van der Waals surface area contributed by atoms with Crippen molar-refractivity contribution in [3.63, 3.8) is 0 Å². The lowest BCUT2D eigenvalue weighted by Crippen LogP contribution is -2.47. The van der Waals surface area contributed by atoms with Crippen LogP contribution in [0.5, 0.6) is 0 Å². The van der Waals surface area contributed by atoms with Gasteiger partial charge in [-0.2, -0.15) is 9.19 Å². The molecule has 0 saturated carbocycles. The van der Waals surface area contributed by atoms with E-state index in [2.05, 4.69) is 10.00 Å². The Balaban J connectivity index is 1.42. The van der Waals surface area contributed by atoms with E-state index in [-0.39, 0.29) is 17.4 Å². The molecular formula is C19H24F2N4O3S. The SMILES string of the molecule is CCCS(=O)(=O)n1cc2c(n1)CN([C@H]1CO[C@H](c3cc(F)ccc3F)[C@@H](N)C1)C2. The molecule has 2 aliphatic rings. The van der Waals surface area contributed by atoms with Gasteiger partial charge in [-0.05, 0) is 31.0 Å². The Morgan fingerprint density at radius 2 is 2.10 bits per heavy atom. The molecule has 3 heterocycles. The molecule has 0 amide bonds. The van der Waals surface area contributed by atoms with Crippen LogP contribution in [-0.4, -0.2) is 46.9 Å². The maximum Gasteiger partial charge on any atom is 0.253 e. The molecule has 0 spiro atoms. The van der Waals surface area contributed by atoms with Crippen LogP contribution in [0.2, 0.25) is 0 Å². The molecule has 0 radical (unpaired) electrons. The fourth-order valence-corrected chi connectivity index (χ4v) is 5.27. The highest BCUT2D eigenvalue weighted by Crippen LogP contribution is 2.34. The van der Waals surface area contributed by atoms with Crippen LogP contribution in [0.4, 0.5) is 8.78 Å². The first-order valence-electron chi connectivity index (χ1n) is 9.65. The highest BCUT2D eigenvalue weighted by atomic mass is 32.2. The highest BCUT2D eigenvalue weighted by molar-refractivity contribution is 7.89. The summed E-state index contributed by atoms with van der Waals surface area (Å²) in [5.41, 5.74) is 7.98. The average Bonchev–Trinajstić information content (AvgIpc) is 3.23. The summed E-state index contributed by atoms with van der Waals surface area (Å²) in [7, 11) is -3.41. The van der Waals surface area contributed by atoms with Gasteiger partial charge in [-0.15, -0.1) is 0 Å². The number of benzene rings is 1. The minimum atomic E-state index is -3.41. The summed E-state index contributed by atoms with van der Waals surface area (Å²) in [6, 6.07) is 2.79. The third-order valence-corrected chi connectivity index (χ3v) is 7.19. The van der Waals surface area contributed by atoms with Gasteiger partial charge in [-0.3, -0.25) is 4.90 Å². The van der Waals surface area contributed by atoms with E-state index < -0.39 is 33.8 Å². The van der Waals surface area contributed by atoms with Crippen LogP contribution in [0, 0.1) is 11.6 Å². The lowest BCUT2D eigenvalue weighted by Gasteiger charge is -2.38. The van der Waals surface area contributed by atoms with Gasteiger partial charge in [-0.1, -0.05) is 6.92 Å². The number of aromatic nitrogens is 2. The van der Waals surface area contributed by atoms with Crippen molar-refractivity contribution < 1.29 is 21.9 Å². The molecule has 1 aromatic carbocycles. The van der Waals surface area contributed by atoms with Crippen LogP contribution in [0.15, 0.2) is 24.4 Å². The first kappa shape index (κ1) is 20.4. The molecule has 2 aliphatic heterocycles. The van der Waals surface area contributed by atoms with E-state index in [1.165, 1.54) is 0 Å². The van der Waals surface area contributed by atoms with Crippen LogP contribution < -0.4 is 5.73 Å². The average molecular weight is 426 g/mol. The largest absolute Gasteiger partial charge is 0.370 e. The van der Waals surface area contributed by atoms with E-state index in [0.717, 1.165) is 33.5 Å². The van der Waals surface area contributed by atoms with Gasteiger partial charge in [0.2, 0.25) is 0 Å². The third kappa shape index (κ3) is 3.94. The lowest BCUT2D eigenvalue weighted by molar-refractivity contribution is -0.0533. The smallest absolute Gasteiger partial charge is 0.253 e. The van der Waals surface area contributed by atoms with Crippen molar-refractivity contribution >= 4 is 10.0 Å². The van der Waals surface area contributed by atoms with E-state index >= 15 is 0 Å². The zero-order valence-electron chi connectivity index (χ0n) is 16.1. The summed E-state index contributed by atoms with van der Waals surface area (Å²) in [5, 5.41) is 4.25. The van der Waals surface area contributed by atoms with Crippen molar-refractivity contribution in [3.8, 4) is 0 Å². The standard InChI is InChI=1S/C19H24F2N4O3S/c1-2-5-29(26,27)25-9-12-8-24(10-18(12)23-25)14-7-17(22)19(28-11-14)15-6-13(20)3-4-16(15)21/h3-4,6,9,14,17,19H,2,5,7-8,10-11,22H2,1H3/t14-,17+,19-/m1/s1. The zero-order chi connectivity index (χ0) is 20.8. The molecular weight excluding hydrogens is 402 g/mol. The Morgan fingerprint density at radius 1 is 1.31 bits per heavy atom. The van der Waals surface area contributed by atoms with Crippen molar-refractivity contribution in [2.24, 2.45) is 5.73 Å². The summed E-state index contributed by atoms with van der Waals surface area (Å²) in [5.74, 6) is -1.01. The van der Waals surface area contributed by atoms with Crippen LogP contribution in [0.1, 0.15) is 42.7 Å². The van der Waals surface area contributed by atoms with Gasteiger partial charge in [-0.25, -0.2) is 17.2 Å². The number of ether oxygens (including phenoxy) is 1. The second kappa shape index (κ2) is 7.75. The number of nitrogens with two attached hydrogens (primary N) is 1. The normalized spacial score (nSPS) is 25.3. The molecule has 1 saturated heterocycles. The monoisotopic (exact) mass is 426 g/mol. The van der Waals surface area contributed by atoms with Crippen LogP contribution in [0.25, 0.3) is 0 Å². The van der Waals surface area contributed by atoms with Crippen molar-refractivity contribution in [1.29, 1.82) is 0 Å². The summed E-state index contributed by atoms with van der Waals surface area (Å²) in [6.45, 7) is 3.19. The van der Waals surface area contributed by atoms with Gasteiger partial charge in [0.15, 0.2) is 0 Å². The summed E-state index contributed by atoms with van der Waals surface area (Å²) in [6.07, 6.45) is 1.97. The molecule has 0 unspecified atom stereocenters. The Morgan fingerprint density at radius 3 is 2.79 bits per heavy atom. The third-order valence-electron chi connectivity index (χ3n) is 5.51. The van der Waals surface area contributed by atoms with E-state index in [1.807, 2.05) is 6.92 Å². The number of hydrogen-bond donors (Lipinski definition) is 1. The molecule has 2 N–H and O–H groups in total. The minimum Gasteiger partial charge on any atom is -0.370 e. The van der Waals surface area contributed by atoms with Crippen molar-refractivity contribution in [2.75, 3.05) is 12.4 Å². The van der Waals surface area contributed by atoms with Crippen LogP contribution >= 0.6 is 0 Å². The lowest BCUT2D eigenvalue weighted by atomic mass is 9.93. The van der Waals surface area contributed by atoms with Gasteiger partial charge in [0, 0.05) is 42.5 Å². The maximum atomic E-state index is 14.1. The van der Waals surface area contributed by atoms with Gasteiger partial charge in [0.05, 0.1) is 18.1 Å². The Kier molecular flexibility index (Phi) is 5.45. The fraction of sp³-hybridized carbons (Fsp3) is 0.526. The summed E-state index contributed by atoms with van der Waals surface area (Å²) in [4.78, 5) is 2.13. The van der Waals surface area contributed by atoms with E-state index in [9.17, 15) is 17.2 Å². The predicted octanol–water partition coefficient (Wildman–Crippen LogP) is 1.92. The van der Waals surface area contributed by atoms with Crippen molar-refractivity contribution in [3.05, 3.63) is 52.9 Å². The second-order valence-corrected chi connectivity index (χ2v) is 9.61. The topological polar surface area (TPSA) is 90.5 Å². The first-order chi connectivity index (χ1) is 13.8. The zero-order valence-corrected chi connectivity index (χ0v) is 16.9. The Labute approximate surface area is 168 Å². The second-order valence-electron chi connectivity index (χ2n) is 7.67. The molecule has 0 aliphatic carbocycles. The van der Waals surface area contributed by atoms with Crippen LogP contribution in [0.3, 0.4) is 0 Å². The number of nitrogens with zero attached hydrogens (tertiary/aromatic N) is 3. The number of rotatable bonds is 5. The van der Waals surface area contributed by atoms with Gasteiger partial charge >= 0.3 is 0 Å². The Bertz CT molecular complexity index is 987. The first-order valence-corrected chi connectivity index (χ1v) is 11.3. The molecule has 3 atom stereocenters. The quantitative estimate of drug-likeness (QED) is 0.786. The molecule has 4 rings (SSSR count). The van der Waals surface area contributed by atoms with Gasteiger partial charge in [0.1, 0.15) is 17.7 Å². The molecule has 2 aromatic rings. The predicted molar refractivity (Wildman–Crippen MR) is 102 cm³/mol. The molecule has 1 fully saturated rings. The Hall–Kier alpha value is -1.88. The molecule has 10 heteroatoms. The van der Waals surface area contributed by atoms with Gasteiger partial charge in [0.25, 0.3) is 10.0 Å².